The first-order valence-electron chi connectivity index (χ1n) is 7.35. The van der Waals surface area contributed by atoms with E-state index in [0.717, 1.165) is 41.9 Å². The maximum Gasteiger partial charge on any atom is 0.225 e. The number of fused-ring (bicyclic) bond motifs is 1. The van der Waals surface area contributed by atoms with Gasteiger partial charge in [-0.3, -0.25) is 9.69 Å². The van der Waals surface area contributed by atoms with E-state index in [1.807, 2.05) is 17.0 Å². The van der Waals surface area contributed by atoms with Crippen LogP contribution in [0.4, 0.5) is 5.13 Å². The molecule has 0 fully saturated rings. The smallest absolute Gasteiger partial charge is 0.225 e. The third-order valence-electron chi connectivity index (χ3n) is 3.83. The number of nitrogens with one attached hydrogen (secondary N) is 1. The van der Waals surface area contributed by atoms with Crippen LogP contribution in [0.3, 0.4) is 0 Å². The molecule has 2 aromatic heterocycles. The highest BCUT2D eigenvalue weighted by Gasteiger charge is 2.20. The van der Waals surface area contributed by atoms with Crippen LogP contribution in [0, 0.1) is 6.92 Å². The fraction of sp³-hybridized carbons (Fsp3) is 0.571. The molecule has 7 nitrogen and oxygen atoms in total. The molecule has 1 aliphatic heterocycles. The molecule has 3 rings (SSSR count). The number of hydrogen-bond donors (Lipinski definition) is 1. The van der Waals surface area contributed by atoms with Crippen molar-refractivity contribution in [3.8, 4) is 0 Å². The van der Waals surface area contributed by atoms with E-state index >= 15 is 0 Å². The number of amides is 1. The molecule has 1 amide bonds. The van der Waals surface area contributed by atoms with Crippen LogP contribution >= 0.6 is 11.3 Å². The van der Waals surface area contributed by atoms with Crippen molar-refractivity contribution in [3.05, 3.63) is 22.7 Å². The zero-order valence-corrected chi connectivity index (χ0v) is 13.9. The largest absolute Gasteiger partial charge is 0.306 e. The molecule has 2 aromatic rings. The number of anilines is 1. The molecule has 8 heteroatoms. The van der Waals surface area contributed by atoms with Crippen molar-refractivity contribution in [2.75, 3.05) is 11.9 Å². The van der Waals surface area contributed by atoms with Gasteiger partial charge in [-0.05, 0) is 13.3 Å². The molecular formula is C14H20N6OS. The zero-order valence-electron chi connectivity index (χ0n) is 13.0. The Morgan fingerprint density at radius 3 is 3.14 bits per heavy atom. The Kier molecular flexibility index (Phi) is 4.21. The molecule has 1 atom stereocenters. The van der Waals surface area contributed by atoms with E-state index in [-0.39, 0.29) is 5.91 Å². The Labute approximate surface area is 133 Å². The Morgan fingerprint density at radius 2 is 2.36 bits per heavy atom. The summed E-state index contributed by atoms with van der Waals surface area (Å²) in [6, 6.07) is 0.379. The fourth-order valence-electron chi connectivity index (χ4n) is 2.52. The lowest BCUT2D eigenvalue weighted by Gasteiger charge is -2.23. The Hall–Kier alpha value is -1.80. The summed E-state index contributed by atoms with van der Waals surface area (Å²) in [6.45, 7) is 5.02. The topological polar surface area (TPSA) is 75.9 Å². The number of aryl methyl sites for hydroxylation is 2. The first kappa shape index (κ1) is 15.1. The molecule has 22 heavy (non-hydrogen) atoms. The number of hydrogen-bond acceptors (Lipinski definition) is 6. The van der Waals surface area contributed by atoms with E-state index in [4.69, 9.17) is 0 Å². The first-order chi connectivity index (χ1) is 10.5. The normalized spacial score (nSPS) is 17.3. The third-order valence-corrected chi connectivity index (χ3v) is 4.80. The summed E-state index contributed by atoms with van der Waals surface area (Å²) in [6.07, 6.45) is 2.01. The monoisotopic (exact) mass is 320 g/mol. The van der Waals surface area contributed by atoms with E-state index < -0.39 is 0 Å². The average molecular weight is 320 g/mol. The van der Waals surface area contributed by atoms with Gasteiger partial charge in [0.15, 0.2) is 5.13 Å². The second kappa shape index (κ2) is 6.13. The summed E-state index contributed by atoms with van der Waals surface area (Å²) < 4.78 is 1.99. The fourth-order valence-corrected chi connectivity index (χ4v) is 3.35. The van der Waals surface area contributed by atoms with Crippen LogP contribution in [0.1, 0.15) is 30.7 Å². The van der Waals surface area contributed by atoms with Crippen LogP contribution in [0.2, 0.25) is 0 Å². The zero-order chi connectivity index (χ0) is 15.7. The minimum absolute atomic E-state index is 0.00442. The highest BCUT2D eigenvalue weighted by Crippen LogP contribution is 2.20. The molecule has 0 aromatic carbocycles. The van der Waals surface area contributed by atoms with Crippen molar-refractivity contribution < 1.29 is 4.79 Å². The maximum absolute atomic E-state index is 11.3. The number of rotatable bonds is 4. The minimum atomic E-state index is -0.00442. The molecule has 0 saturated heterocycles. The SMILES string of the molecule is CC(=O)N(C)c1nc(CNC2CCc3nc(C)nn3C2)cs1. The summed E-state index contributed by atoms with van der Waals surface area (Å²) in [5, 5.41) is 10.7. The standard InChI is InChI=1S/C14H20N6OS/c1-9-16-13-5-4-11(7-20(13)18-9)15-6-12-8-22-14(17-12)19(3)10(2)21/h8,11,15H,4-7H2,1-3H3. The van der Waals surface area contributed by atoms with Gasteiger partial charge in [-0.15, -0.1) is 11.3 Å². The highest BCUT2D eigenvalue weighted by atomic mass is 32.1. The van der Waals surface area contributed by atoms with Crippen molar-refractivity contribution >= 4 is 22.4 Å². The van der Waals surface area contributed by atoms with Crippen LogP contribution in [-0.4, -0.2) is 38.7 Å². The number of carbonyl (C=O) groups is 1. The average Bonchev–Trinajstić information content (AvgIpc) is 3.08. The molecule has 3 heterocycles. The van der Waals surface area contributed by atoms with Crippen LogP contribution < -0.4 is 10.2 Å². The van der Waals surface area contributed by atoms with Gasteiger partial charge in [-0.2, -0.15) is 5.10 Å². The molecule has 1 unspecified atom stereocenters. The number of nitrogens with zero attached hydrogens (tertiary/aromatic N) is 5. The Bertz CT molecular complexity index is 679. The lowest BCUT2D eigenvalue weighted by atomic mass is 10.1. The number of aromatic nitrogens is 4. The summed E-state index contributed by atoms with van der Waals surface area (Å²) in [5.41, 5.74) is 0.966. The van der Waals surface area contributed by atoms with E-state index in [1.54, 1.807) is 18.9 Å². The maximum atomic E-state index is 11.3. The van der Waals surface area contributed by atoms with Crippen molar-refractivity contribution in [1.29, 1.82) is 0 Å². The number of carbonyl (C=O) groups excluding carboxylic acids is 1. The van der Waals surface area contributed by atoms with Crippen molar-refractivity contribution in [3.63, 3.8) is 0 Å². The van der Waals surface area contributed by atoms with Crippen LogP contribution in [0.5, 0.6) is 0 Å². The van der Waals surface area contributed by atoms with Crippen molar-refractivity contribution in [2.24, 2.45) is 0 Å². The van der Waals surface area contributed by atoms with E-state index in [1.165, 1.54) is 11.3 Å². The van der Waals surface area contributed by atoms with Gasteiger partial charge in [0.1, 0.15) is 11.6 Å². The predicted molar refractivity (Wildman–Crippen MR) is 84.9 cm³/mol. The molecule has 0 spiro atoms. The van der Waals surface area contributed by atoms with Crippen molar-refractivity contribution in [1.82, 2.24) is 25.1 Å². The predicted octanol–water partition coefficient (Wildman–Crippen LogP) is 1.13. The molecule has 1 aliphatic rings. The van der Waals surface area contributed by atoms with Gasteiger partial charge < -0.3 is 5.32 Å². The molecule has 0 saturated carbocycles. The van der Waals surface area contributed by atoms with E-state index in [2.05, 4.69) is 20.4 Å². The lowest BCUT2D eigenvalue weighted by Crippen LogP contribution is -2.37. The molecule has 0 aliphatic carbocycles. The highest BCUT2D eigenvalue weighted by molar-refractivity contribution is 7.14. The Morgan fingerprint density at radius 1 is 1.55 bits per heavy atom. The summed E-state index contributed by atoms with van der Waals surface area (Å²) in [7, 11) is 1.74. The van der Waals surface area contributed by atoms with Crippen LogP contribution in [0.25, 0.3) is 0 Å². The van der Waals surface area contributed by atoms with Gasteiger partial charge in [0.25, 0.3) is 0 Å². The van der Waals surface area contributed by atoms with Gasteiger partial charge >= 0.3 is 0 Å². The molecular weight excluding hydrogens is 300 g/mol. The van der Waals surface area contributed by atoms with Gasteiger partial charge in [0.05, 0.1) is 12.2 Å². The molecule has 0 radical (unpaired) electrons. The molecule has 118 valence electrons. The van der Waals surface area contributed by atoms with Crippen LogP contribution in [-0.2, 0) is 24.3 Å². The van der Waals surface area contributed by atoms with Gasteiger partial charge in [0.2, 0.25) is 5.91 Å². The van der Waals surface area contributed by atoms with Crippen molar-refractivity contribution in [2.45, 2.75) is 45.8 Å². The summed E-state index contributed by atoms with van der Waals surface area (Å²) in [5.74, 6) is 1.91. The second-order valence-electron chi connectivity index (χ2n) is 5.57. The lowest BCUT2D eigenvalue weighted by molar-refractivity contribution is -0.116. The van der Waals surface area contributed by atoms with E-state index in [0.29, 0.717) is 12.6 Å². The quantitative estimate of drug-likeness (QED) is 0.914. The van der Waals surface area contributed by atoms with Gasteiger partial charge in [-0.1, -0.05) is 0 Å². The summed E-state index contributed by atoms with van der Waals surface area (Å²) in [4.78, 5) is 21.8. The first-order valence-corrected chi connectivity index (χ1v) is 8.23. The van der Waals surface area contributed by atoms with Gasteiger partial charge in [-0.25, -0.2) is 14.6 Å². The number of thiazole rings is 1. The summed E-state index contributed by atoms with van der Waals surface area (Å²) >= 11 is 1.49. The second-order valence-corrected chi connectivity index (χ2v) is 6.41. The third kappa shape index (κ3) is 3.17. The Balaban J connectivity index is 1.56. The van der Waals surface area contributed by atoms with E-state index in [9.17, 15) is 4.79 Å². The van der Waals surface area contributed by atoms with Gasteiger partial charge in [0, 0.05) is 38.4 Å². The van der Waals surface area contributed by atoms with Crippen LogP contribution in [0.15, 0.2) is 5.38 Å². The molecule has 0 bridgehead atoms. The molecule has 1 N–H and O–H groups in total. The minimum Gasteiger partial charge on any atom is -0.306 e.